The Hall–Kier alpha value is -0.0400. The second-order valence-corrected chi connectivity index (χ2v) is 7.73. The Balaban J connectivity index is 1.63. The highest BCUT2D eigenvalue weighted by Gasteiger charge is 2.45. The summed E-state index contributed by atoms with van der Waals surface area (Å²) < 4.78 is 0. The lowest BCUT2D eigenvalue weighted by molar-refractivity contribution is -0.0240. The molecule has 1 aliphatic heterocycles. The molecule has 0 aromatic carbocycles. The lowest BCUT2D eigenvalue weighted by Crippen LogP contribution is -2.48. The highest BCUT2D eigenvalue weighted by molar-refractivity contribution is 4.97. The Morgan fingerprint density at radius 2 is 1.67 bits per heavy atom. The van der Waals surface area contributed by atoms with Crippen LogP contribution in [0.5, 0.6) is 0 Å². The van der Waals surface area contributed by atoms with E-state index < -0.39 is 0 Å². The van der Waals surface area contributed by atoms with Crippen LogP contribution in [-0.4, -0.2) is 24.0 Å². The highest BCUT2D eigenvalue weighted by atomic mass is 15.2. The fourth-order valence-corrected chi connectivity index (χ4v) is 4.11. The molecule has 0 amide bonds. The van der Waals surface area contributed by atoms with Crippen molar-refractivity contribution < 1.29 is 0 Å². The van der Waals surface area contributed by atoms with Crippen LogP contribution >= 0.6 is 0 Å². The average Bonchev–Trinajstić information content (AvgIpc) is 2.27. The SMILES string of the molecule is CC(C)CCCC1CC2(CCN(C(C)C)CC2)C1. The summed E-state index contributed by atoms with van der Waals surface area (Å²) in [4.78, 5) is 2.66. The van der Waals surface area contributed by atoms with Gasteiger partial charge in [-0.15, -0.1) is 0 Å². The molecule has 0 unspecified atom stereocenters. The van der Waals surface area contributed by atoms with Gasteiger partial charge in [0.15, 0.2) is 0 Å². The summed E-state index contributed by atoms with van der Waals surface area (Å²) in [6.07, 6.45) is 10.5. The van der Waals surface area contributed by atoms with Crippen molar-refractivity contribution >= 4 is 0 Å². The molecule has 0 radical (unpaired) electrons. The molecular formula is C17H33N. The van der Waals surface area contributed by atoms with Crippen molar-refractivity contribution in [3.63, 3.8) is 0 Å². The van der Waals surface area contributed by atoms with Crippen LogP contribution in [0, 0.1) is 17.3 Å². The van der Waals surface area contributed by atoms with Gasteiger partial charge < -0.3 is 4.90 Å². The predicted molar refractivity (Wildman–Crippen MR) is 79.8 cm³/mol. The highest BCUT2D eigenvalue weighted by Crippen LogP contribution is 2.54. The van der Waals surface area contributed by atoms with Gasteiger partial charge in [-0.3, -0.25) is 0 Å². The number of hydrogen-bond donors (Lipinski definition) is 0. The van der Waals surface area contributed by atoms with Gasteiger partial charge in [-0.25, -0.2) is 0 Å². The van der Waals surface area contributed by atoms with Gasteiger partial charge in [0.1, 0.15) is 0 Å². The summed E-state index contributed by atoms with van der Waals surface area (Å²) in [7, 11) is 0. The smallest absolute Gasteiger partial charge is 0.00385 e. The van der Waals surface area contributed by atoms with Crippen molar-refractivity contribution in [2.75, 3.05) is 13.1 Å². The maximum Gasteiger partial charge on any atom is 0.00385 e. The predicted octanol–water partition coefficient (Wildman–Crippen LogP) is 4.71. The first-order valence-corrected chi connectivity index (χ1v) is 8.25. The topological polar surface area (TPSA) is 3.24 Å². The van der Waals surface area contributed by atoms with Crippen LogP contribution in [0.4, 0.5) is 0 Å². The monoisotopic (exact) mass is 251 g/mol. The van der Waals surface area contributed by atoms with Crippen LogP contribution in [0.1, 0.15) is 72.6 Å². The van der Waals surface area contributed by atoms with Crippen LogP contribution in [0.15, 0.2) is 0 Å². The maximum atomic E-state index is 2.66. The molecule has 18 heavy (non-hydrogen) atoms. The summed E-state index contributed by atoms with van der Waals surface area (Å²) in [6.45, 7) is 12.1. The van der Waals surface area contributed by atoms with Crippen molar-refractivity contribution in [3.8, 4) is 0 Å². The van der Waals surface area contributed by atoms with Gasteiger partial charge in [-0.05, 0) is 69.9 Å². The molecule has 1 nitrogen and oxygen atoms in total. The van der Waals surface area contributed by atoms with E-state index in [4.69, 9.17) is 0 Å². The molecule has 1 heterocycles. The zero-order chi connectivity index (χ0) is 13.2. The van der Waals surface area contributed by atoms with Crippen LogP contribution in [0.3, 0.4) is 0 Å². The van der Waals surface area contributed by atoms with E-state index in [1.165, 1.54) is 45.2 Å². The molecule has 106 valence electrons. The minimum Gasteiger partial charge on any atom is -0.301 e. The molecule has 0 N–H and O–H groups in total. The lowest BCUT2D eigenvalue weighted by atomic mass is 9.56. The fourth-order valence-electron chi connectivity index (χ4n) is 4.11. The maximum absolute atomic E-state index is 2.66. The van der Waals surface area contributed by atoms with Crippen LogP contribution in [0.2, 0.25) is 0 Å². The minimum atomic E-state index is 0.754. The van der Waals surface area contributed by atoms with Gasteiger partial charge in [0.2, 0.25) is 0 Å². The third-order valence-corrected chi connectivity index (χ3v) is 5.43. The standard InChI is InChI=1S/C17H33N/c1-14(2)6-5-7-16-12-17(13-16)8-10-18(11-9-17)15(3)4/h14-16H,5-13H2,1-4H3. The average molecular weight is 251 g/mol. The second-order valence-electron chi connectivity index (χ2n) is 7.73. The molecule has 2 aliphatic rings. The first-order chi connectivity index (χ1) is 8.51. The molecule has 0 aromatic heterocycles. The minimum absolute atomic E-state index is 0.754. The molecule has 1 heteroatoms. The third kappa shape index (κ3) is 3.50. The Morgan fingerprint density at radius 3 is 2.17 bits per heavy atom. The molecule has 2 fully saturated rings. The first kappa shape index (κ1) is 14.4. The summed E-state index contributed by atoms with van der Waals surface area (Å²) in [5, 5.41) is 0. The van der Waals surface area contributed by atoms with E-state index in [0.717, 1.165) is 23.3 Å². The van der Waals surface area contributed by atoms with Crippen molar-refractivity contribution in [3.05, 3.63) is 0 Å². The van der Waals surface area contributed by atoms with Crippen LogP contribution in [-0.2, 0) is 0 Å². The van der Waals surface area contributed by atoms with Gasteiger partial charge >= 0.3 is 0 Å². The molecule has 0 bridgehead atoms. The van der Waals surface area contributed by atoms with E-state index >= 15 is 0 Å². The number of nitrogens with zero attached hydrogens (tertiary/aromatic N) is 1. The Bertz CT molecular complexity index is 240. The Kier molecular flexibility index (Phi) is 4.75. The zero-order valence-electron chi connectivity index (χ0n) is 13.0. The second kappa shape index (κ2) is 5.94. The van der Waals surface area contributed by atoms with Crippen molar-refractivity contribution in [1.82, 2.24) is 4.90 Å². The van der Waals surface area contributed by atoms with Crippen molar-refractivity contribution in [2.24, 2.45) is 17.3 Å². The molecule has 1 aliphatic carbocycles. The summed E-state index contributed by atoms with van der Waals surface area (Å²) in [5.74, 6) is 1.97. The van der Waals surface area contributed by atoms with Gasteiger partial charge in [-0.1, -0.05) is 33.1 Å². The van der Waals surface area contributed by atoms with Gasteiger partial charge in [-0.2, -0.15) is 0 Å². The number of hydrogen-bond acceptors (Lipinski definition) is 1. The molecule has 0 atom stereocenters. The quantitative estimate of drug-likeness (QED) is 0.684. The summed E-state index contributed by atoms with van der Waals surface area (Å²) in [5.41, 5.74) is 0.786. The normalized spacial score (nSPS) is 25.0. The zero-order valence-corrected chi connectivity index (χ0v) is 13.0. The van der Waals surface area contributed by atoms with Crippen molar-refractivity contribution in [2.45, 2.75) is 78.7 Å². The third-order valence-electron chi connectivity index (χ3n) is 5.43. The van der Waals surface area contributed by atoms with Gasteiger partial charge in [0.25, 0.3) is 0 Å². The van der Waals surface area contributed by atoms with E-state index in [-0.39, 0.29) is 0 Å². The van der Waals surface area contributed by atoms with E-state index in [9.17, 15) is 0 Å². The van der Waals surface area contributed by atoms with E-state index in [1.54, 1.807) is 12.8 Å². The largest absolute Gasteiger partial charge is 0.301 e. The summed E-state index contributed by atoms with van der Waals surface area (Å²) in [6, 6.07) is 0.754. The van der Waals surface area contributed by atoms with Gasteiger partial charge in [0.05, 0.1) is 0 Å². The van der Waals surface area contributed by atoms with Crippen LogP contribution in [0.25, 0.3) is 0 Å². The first-order valence-electron chi connectivity index (χ1n) is 8.25. The number of likely N-dealkylation sites (tertiary alicyclic amines) is 1. The molecule has 0 aromatic rings. The van der Waals surface area contributed by atoms with Gasteiger partial charge in [0, 0.05) is 6.04 Å². The Morgan fingerprint density at radius 1 is 1.06 bits per heavy atom. The van der Waals surface area contributed by atoms with E-state index in [1.807, 2.05) is 0 Å². The fraction of sp³-hybridized carbons (Fsp3) is 1.00. The summed E-state index contributed by atoms with van der Waals surface area (Å²) >= 11 is 0. The van der Waals surface area contributed by atoms with E-state index in [0.29, 0.717) is 0 Å². The molecule has 1 saturated heterocycles. The Labute approximate surface area is 114 Å². The molecular weight excluding hydrogens is 218 g/mol. The molecule has 2 rings (SSSR count). The van der Waals surface area contributed by atoms with Crippen LogP contribution < -0.4 is 0 Å². The molecule has 1 spiro atoms. The van der Waals surface area contributed by atoms with E-state index in [2.05, 4.69) is 32.6 Å². The van der Waals surface area contributed by atoms with Crippen molar-refractivity contribution in [1.29, 1.82) is 0 Å². The molecule has 1 saturated carbocycles. The lowest BCUT2D eigenvalue weighted by Gasteiger charge is -2.53. The number of rotatable bonds is 5. The number of piperidine rings is 1.